The molecule has 1 amide bonds. The van der Waals surface area contributed by atoms with Crippen molar-refractivity contribution in [3.63, 3.8) is 0 Å². The molecule has 2 aromatic rings. The number of carbonyl (C=O) groups is 1. The van der Waals surface area contributed by atoms with Crippen molar-refractivity contribution >= 4 is 21.8 Å². The van der Waals surface area contributed by atoms with E-state index in [1.165, 1.54) is 23.3 Å². The molecule has 1 aromatic carbocycles. The maximum Gasteiger partial charge on any atom is 0.256 e. The van der Waals surface area contributed by atoms with Crippen LogP contribution in [0.25, 0.3) is 0 Å². The number of furan rings is 1. The van der Waals surface area contributed by atoms with Gasteiger partial charge in [0.25, 0.3) is 5.91 Å². The molecule has 1 heterocycles. The van der Waals surface area contributed by atoms with Crippen molar-refractivity contribution in [3.05, 3.63) is 58.2 Å². The van der Waals surface area contributed by atoms with Gasteiger partial charge in [0.1, 0.15) is 11.6 Å². The van der Waals surface area contributed by atoms with Gasteiger partial charge in [-0.1, -0.05) is 15.9 Å². The minimum absolute atomic E-state index is 0.0484. The highest BCUT2D eigenvalue weighted by atomic mass is 79.9. The summed E-state index contributed by atoms with van der Waals surface area (Å²) in [6.07, 6.45) is 1.54. The van der Waals surface area contributed by atoms with Gasteiger partial charge in [-0.25, -0.2) is 4.39 Å². The second-order valence-corrected chi connectivity index (χ2v) is 4.78. The number of halogens is 2. The molecule has 18 heavy (non-hydrogen) atoms. The van der Waals surface area contributed by atoms with Gasteiger partial charge in [0.05, 0.1) is 18.4 Å². The normalized spacial score (nSPS) is 10.4. The molecule has 0 fully saturated rings. The first-order valence-electron chi connectivity index (χ1n) is 5.31. The zero-order valence-corrected chi connectivity index (χ0v) is 11.3. The second-order valence-electron chi connectivity index (χ2n) is 3.86. The van der Waals surface area contributed by atoms with Crippen LogP contribution < -0.4 is 0 Å². The van der Waals surface area contributed by atoms with E-state index < -0.39 is 5.82 Å². The third-order valence-electron chi connectivity index (χ3n) is 2.48. The topological polar surface area (TPSA) is 33.5 Å². The third-order valence-corrected chi connectivity index (χ3v) is 2.97. The van der Waals surface area contributed by atoms with Crippen molar-refractivity contribution in [2.24, 2.45) is 0 Å². The Bertz CT molecular complexity index is 554. The average Bonchev–Trinajstić information content (AvgIpc) is 2.81. The molecule has 0 atom stereocenters. The minimum atomic E-state index is -0.541. The van der Waals surface area contributed by atoms with Gasteiger partial charge in [-0.2, -0.15) is 0 Å². The summed E-state index contributed by atoms with van der Waals surface area (Å²) in [5.41, 5.74) is 0.0484. The summed E-state index contributed by atoms with van der Waals surface area (Å²) in [5, 5.41) is 0. The number of hydrogen-bond acceptors (Lipinski definition) is 2. The van der Waals surface area contributed by atoms with Gasteiger partial charge in [-0.15, -0.1) is 0 Å². The molecular formula is C13H11BrFNO2. The molecule has 0 aliphatic heterocycles. The van der Waals surface area contributed by atoms with Crippen molar-refractivity contribution in [2.75, 3.05) is 7.05 Å². The summed E-state index contributed by atoms with van der Waals surface area (Å²) in [7, 11) is 1.60. The van der Waals surface area contributed by atoms with Crippen LogP contribution in [0.1, 0.15) is 16.1 Å². The highest BCUT2D eigenvalue weighted by molar-refractivity contribution is 9.10. The summed E-state index contributed by atoms with van der Waals surface area (Å²) in [6.45, 7) is 0.307. The predicted octanol–water partition coefficient (Wildman–Crippen LogP) is 3.45. The van der Waals surface area contributed by atoms with Crippen LogP contribution in [-0.4, -0.2) is 17.9 Å². The molecule has 0 spiro atoms. The van der Waals surface area contributed by atoms with Crippen molar-refractivity contribution in [1.29, 1.82) is 0 Å². The van der Waals surface area contributed by atoms with Gasteiger partial charge >= 0.3 is 0 Å². The lowest BCUT2D eigenvalue weighted by molar-refractivity contribution is 0.0771. The fraction of sp³-hybridized carbons (Fsp3) is 0.154. The summed E-state index contributed by atoms with van der Waals surface area (Å²) >= 11 is 3.15. The van der Waals surface area contributed by atoms with E-state index in [0.29, 0.717) is 16.8 Å². The number of hydrogen-bond donors (Lipinski definition) is 0. The number of carbonyl (C=O) groups excluding carboxylic acids is 1. The van der Waals surface area contributed by atoms with Crippen molar-refractivity contribution in [3.8, 4) is 0 Å². The van der Waals surface area contributed by atoms with Crippen LogP contribution in [0, 0.1) is 5.82 Å². The molecule has 5 heteroatoms. The Morgan fingerprint density at radius 2 is 2.22 bits per heavy atom. The second kappa shape index (κ2) is 5.35. The number of benzene rings is 1. The zero-order valence-electron chi connectivity index (χ0n) is 9.69. The van der Waals surface area contributed by atoms with E-state index in [1.54, 1.807) is 25.2 Å². The van der Waals surface area contributed by atoms with Gasteiger partial charge < -0.3 is 9.32 Å². The molecule has 0 aliphatic carbocycles. The van der Waals surface area contributed by atoms with Gasteiger partial charge in [0.15, 0.2) is 0 Å². The van der Waals surface area contributed by atoms with Crippen LogP contribution in [0.2, 0.25) is 0 Å². The molecule has 3 nitrogen and oxygen atoms in total. The van der Waals surface area contributed by atoms with Crippen LogP contribution in [0.15, 0.2) is 45.5 Å². The smallest absolute Gasteiger partial charge is 0.256 e. The Kier molecular flexibility index (Phi) is 3.81. The van der Waals surface area contributed by atoms with Crippen molar-refractivity contribution in [1.82, 2.24) is 4.90 Å². The van der Waals surface area contributed by atoms with E-state index in [1.807, 2.05) is 0 Å². The summed E-state index contributed by atoms with van der Waals surface area (Å²) in [6, 6.07) is 7.88. The highest BCUT2D eigenvalue weighted by Gasteiger charge is 2.17. The van der Waals surface area contributed by atoms with Crippen molar-refractivity contribution in [2.45, 2.75) is 6.54 Å². The maximum atomic E-state index is 13.6. The third kappa shape index (κ3) is 2.79. The van der Waals surface area contributed by atoms with Crippen LogP contribution in [0.5, 0.6) is 0 Å². The van der Waals surface area contributed by atoms with E-state index in [4.69, 9.17) is 4.42 Å². The van der Waals surface area contributed by atoms with E-state index in [0.717, 1.165) is 0 Å². The minimum Gasteiger partial charge on any atom is -0.467 e. The lowest BCUT2D eigenvalue weighted by atomic mass is 10.2. The fourth-order valence-electron chi connectivity index (χ4n) is 1.58. The molecular weight excluding hydrogens is 301 g/mol. The largest absolute Gasteiger partial charge is 0.467 e. The molecule has 94 valence electrons. The lowest BCUT2D eigenvalue weighted by Crippen LogP contribution is -2.26. The molecule has 0 saturated heterocycles. The maximum absolute atomic E-state index is 13.6. The Labute approximate surface area is 112 Å². The number of nitrogens with zero attached hydrogens (tertiary/aromatic N) is 1. The van der Waals surface area contributed by atoms with E-state index >= 15 is 0 Å². The van der Waals surface area contributed by atoms with Crippen LogP contribution in [-0.2, 0) is 6.54 Å². The molecule has 1 aromatic heterocycles. The molecule has 2 rings (SSSR count). The average molecular weight is 312 g/mol. The number of amides is 1. The van der Waals surface area contributed by atoms with E-state index in [9.17, 15) is 9.18 Å². The quantitative estimate of drug-likeness (QED) is 0.870. The Morgan fingerprint density at radius 3 is 2.83 bits per heavy atom. The first kappa shape index (κ1) is 12.8. The predicted molar refractivity (Wildman–Crippen MR) is 68.6 cm³/mol. The first-order valence-corrected chi connectivity index (χ1v) is 6.10. The molecule has 0 radical (unpaired) electrons. The monoisotopic (exact) mass is 311 g/mol. The Hall–Kier alpha value is -1.62. The number of rotatable bonds is 3. The van der Waals surface area contributed by atoms with Gasteiger partial charge in [-0.3, -0.25) is 4.79 Å². The van der Waals surface area contributed by atoms with Gasteiger partial charge in [0, 0.05) is 11.5 Å². The fourth-order valence-corrected chi connectivity index (χ4v) is 1.91. The highest BCUT2D eigenvalue weighted by Crippen LogP contribution is 2.17. The SMILES string of the molecule is CN(Cc1ccco1)C(=O)c1ccc(Br)cc1F. The van der Waals surface area contributed by atoms with E-state index in [-0.39, 0.29) is 11.5 Å². The van der Waals surface area contributed by atoms with Crippen molar-refractivity contribution < 1.29 is 13.6 Å². The van der Waals surface area contributed by atoms with Crippen LogP contribution >= 0.6 is 15.9 Å². The molecule has 0 N–H and O–H groups in total. The summed E-state index contributed by atoms with van der Waals surface area (Å²) < 4.78 is 19.4. The molecule has 0 unspecified atom stereocenters. The van der Waals surface area contributed by atoms with E-state index in [2.05, 4.69) is 15.9 Å². The summed E-state index contributed by atoms with van der Waals surface area (Å²) in [4.78, 5) is 13.4. The molecule has 0 bridgehead atoms. The zero-order chi connectivity index (χ0) is 13.1. The molecule has 0 aliphatic rings. The summed E-state index contributed by atoms with van der Waals surface area (Å²) in [5.74, 6) is -0.263. The Balaban J connectivity index is 2.15. The van der Waals surface area contributed by atoms with Crippen LogP contribution in [0.3, 0.4) is 0 Å². The first-order chi connectivity index (χ1) is 8.58. The standard InChI is InChI=1S/C13H11BrFNO2/c1-16(8-10-3-2-6-18-10)13(17)11-5-4-9(14)7-12(11)15/h2-7H,8H2,1H3. The van der Waals surface area contributed by atoms with Crippen LogP contribution in [0.4, 0.5) is 4.39 Å². The Morgan fingerprint density at radius 1 is 1.44 bits per heavy atom. The van der Waals surface area contributed by atoms with Gasteiger partial charge in [-0.05, 0) is 30.3 Å². The molecule has 0 saturated carbocycles. The lowest BCUT2D eigenvalue weighted by Gasteiger charge is -2.16. The van der Waals surface area contributed by atoms with Gasteiger partial charge in [0.2, 0.25) is 0 Å².